The quantitative estimate of drug-likeness (QED) is 0.739. The standard InChI is InChI=1S/C23H23N3O/c1-16-6-5-7-18(12-16)14-23(27)25-20-10-11-22(24-15-20)26-17(2)13-19-8-3-4-9-21(19)26/h3-12,15,17H,13-14H2,1-2H3,(H,25,27). The maximum Gasteiger partial charge on any atom is 0.228 e. The van der Waals surface area contributed by atoms with Gasteiger partial charge in [-0.25, -0.2) is 4.98 Å². The van der Waals surface area contributed by atoms with Gasteiger partial charge in [0.1, 0.15) is 5.82 Å². The van der Waals surface area contributed by atoms with Gasteiger partial charge >= 0.3 is 0 Å². The normalized spacial score (nSPS) is 15.5. The molecule has 0 fully saturated rings. The second-order valence-electron chi connectivity index (χ2n) is 7.17. The van der Waals surface area contributed by atoms with Gasteiger partial charge in [-0.2, -0.15) is 0 Å². The molecule has 0 saturated heterocycles. The van der Waals surface area contributed by atoms with E-state index in [2.05, 4.69) is 46.4 Å². The number of aromatic nitrogens is 1. The summed E-state index contributed by atoms with van der Waals surface area (Å²) in [5, 5.41) is 2.94. The molecule has 1 atom stereocenters. The van der Waals surface area contributed by atoms with Crippen LogP contribution in [0.3, 0.4) is 0 Å². The Bertz CT molecular complexity index is 965. The average molecular weight is 357 g/mol. The zero-order valence-corrected chi connectivity index (χ0v) is 15.6. The van der Waals surface area contributed by atoms with E-state index in [0.29, 0.717) is 12.5 Å². The minimum absolute atomic E-state index is 0.0324. The summed E-state index contributed by atoms with van der Waals surface area (Å²) in [6.45, 7) is 4.24. The van der Waals surface area contributed by atoms with Crippen LogP contribution in [0.15, 0.2) is 66.9 Å². The Balaban J connectivity index is 1.46. The van der Waals surface area contributed by atoms with Gasteiger partial charge in [0.25, 0.3) is 0 Å². The van der Waals surface area contributed by atoms with Crippen LogP contribution in [0.2, 0.25) is 0 Å². The molecule has 1 aromatic heterocycles. The van der Waals surface area contributed by atoms with Crippen molar-refractivity contribution in [1.82, 2.24) is 4.98 Å². The first-order valence-electron chi connectivity index (χ1n) is 9.29. The first-order valence-corrected chi connectivity index (χ1v) is 9.29. The predicted octanol–water partition coefficient (Wildman–Crippen LogP) is 4.65. The van der Waals surface area contributed by atoms with Crippen molar-refractivity contribution in [1.29, 1.82) is 0 Å². The molecule has 27 heavy (non-hydrogen) atoms. The lowest BCUT2D eigenvalue weighted by Gasteiger charge is -2.24. The molecule has 4 heteroatoms. The molecule has 136 valence electrons. The fourth-order valence-corrected chi connectivity index (χ4v) is 3.73. The lowest BCUT2D eigenvalue weighted by molar-refractivity contribution is -0.115. The van der Waals surface area contributed by atoms with E-state index in [4.69, 9.17) is 0 Å². The van der Waals surface area contributed by atoms with E-state index in [1.165, 1.54) is 11.3 Å². The van der Waals surface area contributed by atoms with Gasteiger partial charge in [0.05, 0.1) is 18.3 Å². The second kappa shape index (κ2) is 7.23. The monoisotopic (exact) mass is 357 g/mol. The molecule has 2 heterocycles. The van der Waals surface area contributed by atoms with Crippen molar-refractivity contribution < 1.29 is 4.79 Å². The van der Waals surface area contributed by atoms with E-state index in [9.17, 15) is 4.79 Å². The van der Waals surface area contributed by atoms with Gasteiger partial charge in [0.2, 0.25) is 5.91 Å². The van der Waals surface area contributed by atoms with E-state index < -0.39 is 0 Å². The maximum absolute atomic E-state index is 12.3. The molecule has 1 unspecified atom stereocenters. The minimum Gasteiger partial charge on any atom is -0.324 e. The molecular weight excluding hydrogens is 334 g/mol. The number of nitrogens with one attached hydrogen (secondary N) is 1. The van der Waals surface area contributed by atoms with Crippen molar-refractivity contribution in [3.8, 4) is 0 Å². The Morgan fingerprint density at radius 1 is 1.15 bits per heavy atom. The molecule has 0 spiro atoms. The molecule has 3 aromatic rings. The molecule has 1 aliphatic heterocycles. The van der Waals surface area contributed by atoms with Gasteiger partial charge in [0.15, 0.2) is 0 Å². The first kappa shape index (κ1) is 17.3. The van der Waals surface area contributed by atoms with Crippen LogP contribution in [0.4, 0.5) is 17.2 Å². The van der Waals surface area contributed by atoms with Gasteiger partial charge in [-0.1, -0.05) is 48.0 Å². The summed E-state index contributed by atoms with van der Waals surface area (Å²) >= 11 is 0. The summed E-state index contributed by atoms with van der Waals surface area (Å²) in [7, 11) is 0. The number of carbonyl (C=O) groups is 1. The maximum atomic E-state index is 12.3. The van der Waals surface area contributed by atoms with Crippen LogP contribution < -0.4 is 10.2 Å². The number of nitrogens with zero attached hydrogens (tertiary/aromatic N) is 2. The van der Waals surface area contributed by atoms with Crippen molar-refractivity contribution in [2.24, 2.45) is 0 Å². The van der Waals surface area contributed by atoms with Crippen molar-refractivity contribution in [3.63, 3.8) is 0 Å². The third kappa shape index (κ3) is 3.70. The highest BCUT2D eigenvalue weighted by atomic mass is 16.1. The molecule has 2 aromatic carbocycles. The van der Waals surface area contributed by atoms with E-state index in [1.807, 2.05) is 43.3 Å². The lowest BCUT2D eigenvalue weighted by atomic mass is 10.1. The Kier molecular flexibility index (Phi) is 4.63. The fraction of sp³-hybridized carbons (Fsp3) is 0.217. The lowest BCUT2D eigenvalue weighted by Crippen LogP contribution is -2.24. The second-order valence-corrected chi connectivity index (χ2v) is 7.17. The number of carbonyl (C=O) groups excluding carboxylic acids is 1. The van der Waals surface area contributed by atoms with E-state index >= 15 is 0 Å². The third-order valence-electron chi connectivity index (χ3n) is 4.93. The molecule has 4 rings (SSSR count). The molecule has 0 bridgehead atoms. The van der Waals surface area contributed by atoms with Gasteiger partial charge in [-0.05, 0) is 49.6 Å². The zero-order valence-electron chi connectivity index (χ0n) is 15.6. The Hall–Kier alpha value is -3.14. The topological polar surface area (TPSA) is 45.2 Å². The number of benzene rings is 2. The summed E-state index contributed by atoms with van der Waals surface area (Å²) in [6, 6.07) is 20.7. The highest BCUT2D eigenvalue weighted by Crippen LogP contribution is 2.37. The number of anilines is 3. The van der Waals surface area contributed by atoms with Crippen molar-refractivity contribution in [2.75, 3.05) is 10.2 Å². The van der Waals surface area contributed by atoms with Gasteiger partial charge in [-0.15, -0.1) is 0 Å². The third-order valence-corrected chi connectivity index (χ3v) is 4.93. The number of hydrogen-bond acceptors (Lipinski definition) is 3. The number of pyridine rings is 1. The fourth-order valence-electron chi connectivity index (χ4n) is 3.73. The van der Waals surface area contributed by atoms with Gasteiger partial charge in [0, 0.05) is 11.7 Å². The summed E-state index contributed by atoms with van der Waals surface area (Å²) in [4.78, 5) is 19.2. The van der Waals surface area contributed by atoms with Crippen LogP contribution in [0.5, 0.6) is 0 Å². The van der Waals surface area contributed by atoms with Crippen LogP contribution in [0.1, 0.15) is 23.6 Å². The van der Waals surface area contributed by atoms with Gasteiger partial charge in [-0.3, -0.25) is 4.79 Å². The minimum atomic E-state index is -0.0324. The molecular formula is C23H23N3O. The largest absolute Gasteiger partial charge is 0.324 e. The SMILES string of the molecule is Cc1cccc(CC(=O)Nc2ccc(N3c4ccccc4CC3C)nc2)c1. The Morgan fingerprint density at radius 3 is 2.78 bits per heavy atom. The summed E-state index contributed by atoms with van der Waals surface area (Å²) in [5.74, 6) is 0.874. The van der Waals surface area contributed by atoms with Gasteiger partial charge < -0.3 is 10.2 Å². The smallest absolute Gasteiger partial charge is 0.228 e. The van der Waals surface area contributed by atoms with Crippen molar-refractivity contribution >= 4 is 23.1 Å². The molecule has 1 amide bonds. The molecule has 1 N–H and O–H groups in total. The highest BCUT2D eigenvalue weighted by Gasteiger charge is 2.27. The summed E-state index contributed by atoms with van der Waals surface area (Å²) in [5.41, 5.74) is 5.46. The first-order chi connectivity index (χ1) is 13.1. The molecule has 0 saturated carbocycles. The highest BCUT2D eigenvalue weighted by molar-refractivity contribution is 5.92. The summed E-state index contributed by atoms with van der Waals surface area (Å²) in [6.07, 6.45) is 3.12. The van der Waals surface area contributed by atoms with E-state index in [0.717, 1.165) is 29.1 Å². The zero-order chi connectivity index (χ0) is 18.8. The van der Waals surface area contributed by atoms with Crippen LogP contribution >= 0.6 is 0 Å². The Morgan fingerprint density at radius 2 is 2.00 bits per heavy atom. The predicted molar refractivity (Wildman–Crippen MR) is 109 cm³/mol. The van der Waals surface area contributed by atoms with Crippen molar-refractivity contribution in [2.45, 2.75) is 32.7 Å². The number of aryl methyl sites for hydroxylation is 1. The molecule has 4 nitrogen and oxygen atoms in total. The number of rotatable bonds is 4. The number of amides is 1. The molecule has 0 radical (unpaired) electrons. The number of para-hydroxylation sites is 1. The number of hydrogen-bond donors (Lipinski definition) is 1. The van der Waals surface area contributed by atoms with Crippen molar-refractivity contribution in [3.05, 3.63) is 83.6 Å². The van der Waals surface area contributed by atoms with Crippen LogP contribution in [0.25, 0.3) is 0 Å². The number of fused-ring (bicyclic) bond motifs is 1. The van der Waals surface area contributed by atoms with E-state index in [-0.39, 0.29) is 5.91 Å². The molecule has 1 aliphatic rings. The van der Waals surface area contributed by atoms with Crippen LogP contribution in [0, 0.1) is 6.92 Å². The average Bonchev–Trinajstić information content (AvgIpc) is 2.98. The van der Waals surface area contributed by atoms with Crippen LogP contribution in [-0.2, 0) is 17.6 Å². The van der Waals surface area contributed by atoms with Crippen LogP contribution in [-0.4, -0.2) is 16.9 Å². The van der Waals surface area contributed by atoms with E-state index in [1.54, 1.807) is 6.20 Å². The summed E-state index contributed by atoms with van der Waals surface area (Å²) < 4.78 is 0. The molecule has 0 aliphatic carbocycles. The Labute approximate surface area is 159 Å².